The molecule has 18 heavy (non-hydrogen) atoms. The monoisotopic (exact) mass is 241 g/mol. The van der Waals surface area contributed by atoms with Gasteiger partial charge in [0, 0.05) is 30.7 Å². The van der Waals surface area contributed by atoms with Crippen molar-refractivity contribution >= 4 is 5.69 Å². The summed E-state index contributed by atoms with van der Waals surface area (Å²) in [5.41, 5.74) is 7.35. The highest BCUT2D eigenvalue weighted by Gasteiger charge is 2.11. The maximum absolute atomic E-state index is 5.67. The van der Waals surface area contributed by atoms with Gasteiger partial charge in [-0.25, -0.2) is 9.67 Å². The summed E-state index contributed by atoms with van der Waals surface area (Å²) in [5, 5.41) is 11.4. The number of imidazole rings is 1. The molecule has 0 aliphatic carbocycles. The predicted octanol–water partition coefficient (Wildman–Crippen LogP) is 0.645. The molecule has 0 radical (unpaired) electrons. The van der Waals surface area contributed by atoms with Gasteiger partial charge in [0.15, 0.2) is 0 Å². The fourth-order valence-electron chi connectivity index (χ4n) is 1.74. The maximum atomic E-state index is 5.67. The first-order valence-corrected chi connectivity index (χ1v) is 5.38. The Morgan fingerprint density at radius 2 is 1.94 bits per heavy atom. The average molecular weight is 241 g/mol. The molecule has 0 bridgehead atoms. The number of anilines is 1. The van der Waals surface area contributed by atoms with Crippen LogP contribution < -0.4 is 5.73 Å². The van der Waals surface area contributed by atoms with E-state index in [2.05, 4.69) is 20.5 Å². The topological polar surface area (TPSA) is 87.4 Å². The Labute approximate surface area is 103 Å². The first-order valence-electron chi connectivity index (χ1n) is 5.38. The molecule has 0 amide bonds. The third-order valence-electron chi connectivity index (χ3n) is 2.62. The van der Waals surface area contributed by atoms with Gasteiger partial charge in [-0.05, 0) is 34.7 Å². The van der Waals surface area contributed by atoms with Crippen molar-refractivity contribution in [2.45, 2.75) is 0 Å². The lowest BCUT2D eigenvalue weighted by Crippen LogP contribution is -2.05. The zero-order chi connectivity index (χ0) is 12.5. The molecule has 2 N–H and O–H groups in total. The highest BCUT2D eigenvalue weighted by Crippen LogP contribution is 2.20. The Hall–Kier alpha value is -2.70. The van der Waals surface area contributed by atoms with E-state index >= 15 is 0 Å². The molecule has 0 saturated heterocycles. The summed E-state index contributed by atoms with van der Waals surface area (Å²) in [4.78, 5) is 4.33. The number of tetrazole rings is 1. The molecule has 0 fully saturated rings. The van der Waals surface area contributed by atoms with E-state index in [-0.39, 0.29) is 0 Å². The number of rotatable bonds is 2. The van der Waals surface area contributed by atoms with Crippen molar-refractivity contribution in [2.24, 2.45) is 7.05 Å². The van der Waals surface area contributed by atoms with E-state index in [1.165, 1.54) is 0 Å². The Bertz CT molecular complexity index is 665. The van der Waals surface area contributed by atoms with Crippen LogP contribution in [-0.2, 0) is 7.05 Å². The van der Waals surface area contributed by atoms with Crippen LogP contribution in [-0.4, -0.2) is 29.8 Å². The van der Waals surface area contributed by atoms with E-state index in [9.17, 15) is 0 Å². The highest BCUT2D eigenvalue weighted by atomic mass is 15.6. The van der Waals surface area contributed by atoms with Gasteiger partial charge in [0.1, 0.15) is 5.82 Å². The van der Waals surface area contributed by atoms with E-state index in [1.807, 2.05) is 35.0 Å². The predicted molar refractivity (Wildman–Crippen MR) is 65.8 cm³/mol. The molecule has 0 saturated carbocycles. The lowest BCUT2D eigenvalue weighted by Gasteiger charge is -2.05. The minimum atomic E-state index is 0.610. The molecule has 2 aromatic heterocycles. The van der Waals surface area contributed by atoms with Crippen molar-refractivity contribution < 1.29 is 0 Å². The standard InChI is InChI=1S/C11H11N7/c1-17-11(14-15-16-17)18-7-6-13-10(18)8-2-4-9(12)5-3-8/h2-7H,12H2,1H3. The fraction of sp³-hybridized carbons (Fsp3) is 0.0909. The van der Waals surface area contributed by atoms with Crippen LogP contribution in [0.2, 0.25) is 0 Å². The van der Waals surface area contributed by atoms with Crippen molar-refractivity contribution in [1.82, 2.24) is 29.8 Å². The summed E-state index contributed by atoms with van der Waals surface area (Å²) >= 11 is 0. The SMILES string of the molecule is Cn1nnnc1-n1ccnc1-c1ccc(N)cc1. The molecular formula is C11H11N7. The number of nitrogen functional groups attached to an aromatic ring is 1. The number of hydrogen-bond acceptors (Lipinski definition) is 5. The second kappa shape index (κ2) is 3.95. The van der Waals surface area contributed by atoms with Gasteiger partial charge in [0.05, 0.1) is 0 Å². The fourth-order valence-corrected chi connectivity index (χ4v) is 1.74. The molecule has 7 nitrogen and oxygen atoms in total. The van der Waals surface area contributed by atoms with Crippen LogP contribution in [0.1, 0.15) is 0 Å². The Kier molecular flexibility index (Phi) is 2.30. The first-order chi connectivity index (χ1) is 8.75. The normalized spacial score (nSPS) is 10.7. The van der Waals surface area contributed by atoms with Gasteiger partial charge < -0.3 is 5.73 Å². The van der Waals surface area contributed by atoms with Crippen molar-refractivity contribution in [3.05, 3.63) is 36.7 Å². The van der Waals surface area contributed by atoms with Crippen LogP contribution in [0.25, 0.3) is 17.3 Å². The third kappa shape index (κ3) is 1.61. The van der Waals surface area contributed by atoms with Crippen LogP contribution in [0.4, 0.5) is 5.69 Å². The van der Waals surface area contributed by atoms with Crippen molar-refractivity contribution in [3.63, 3.8) is 0 Å². The summed E-state index contributed by atoms with van der Waals surface area (Å²) in [6.45, 7) is 0. The molecule has 0 spiro atoms. The minimum Gasteiger partial charge on any atom is -0.399 e. The Balaban J connectivity index is 2.12. The number of aromatic nitrogens is 6. The molecule has 2 heterocycles. The molecule has 90 valence electrons. The number of benzene rings is 1. The first kappa shape index (κ1) is 10.5. The summed E-state index contributed by atoms with van der Waals surface area (Å²) in [7, 11) is 1.78. The maximum Gasteiger partial charge on any atom is 0.255 e. The zero-order valence-corrected chi connectivity index (χ0v) is 9.72. The Morgan fingerprint density at radius 3 is 2.61 bits per heavy atom. The lowest BCUT2D eigenvalue weighted by molar-refractivity contribution is 0.692. The lowest BCUT2D eigenvalue weighted by atomic mass is 10.2. The molecule has 3 aromatic rings. The van der Waals surface area contributed by atoms with Gasteiger partial charge in [-0.15, -0.1) is 0 Å². The van der Waals surface area contributed by atoms with Crippen molar-refractivity contribution in [2.75, 3.05) is 5.73 Å². The van der Waals surface area contributed by atoms with Crippen LogP contribution >= 0.6 is 0 Å². The molecule has 0 aliphatic rings. The quantitative estimate of drug-likeness (QED) is 0.665. The van der Waals surface area contributed by atoms with Gasteiger partial charge >= 0.3 is 0 Å². The summed E-state index contributed by atoms with van der Waals surface area (Å²) < 4.78 is 3.41. The molecule has 7 heteroatoms. The minimum absolute atomic E-state index is 0.610. The van der Waals surface area contributed by atoms with Gasteiger partial charge in [-0.2, -0.15) is 0 Å². The van der Waals surface area contributed by atoms with Gasteiger partial charge in [0.2, 0.25) is 0 Å². The van der Waals surface area contributed by atoms with Crippen LogP contribution in [0, 0.1) is 0 Å². The van der Waals surface area contributed by atoms with E-state index in [0.29, 0.717) is 5.95 Å². The Morgan fingerprint density at radius 1 is 1.17 bits per heavy atom. The van der Waals surface area contributed by atoms with E-state index in [4.69, 9.17) is 5.73 Å². The molecule has 0 unspecified atom stereocenters. The molecule has 1 aromatic carbocycles. The van der Waals surface area contributed by atoms with Crippen molar-refractivity contribution in [1.29, 1.82) is 0 Å². The molecule has 3 rings (SSSR count). The largest absolute Gasteiger partial charge is 0.399 e. The van der Waals surface area contributed by atoms with Crippen LogP contribution in [0.15, 0.2) is 36.7 Å². The number of aryl methyl sites for hydroxylation is 1. The van der Waals surface area contributed by atoms with E-state index in [1.54, 1.807) is 17.9 Å². The number of hydrogen-bond donors (Lipinski definition) is 1. The molecule has 0 aliphatic heterocycles. The van der Waals surface area contributed by atoms with Crippen molar-refractivity contribution in [3.8, 4) is 17.3 Å². The summed E-state index contributed by atoms with van der Waals surface area (Å²) in [6.07, 6.45) is 3.53. The summed E-state index contributed by atoms with van der Waals surface area (Å²) in [5.74, 6) is 1.38. The molecule has 0 atom stereocenters. The zero-order valence-electron chi connectivity index (χ0n) is 9.72. The van der Waals surface area contributed by atoms with Gasteiger partial charge in [0.25, 0.3) is 5.95 Å². The smallest absolute Gasteiger partial charge is 0.255 e. The second-order valence-electron chi connectivity index (χ2n) is 3.85. The number of nitrogens with zero attached hydrogens (tertiary/aromatic N) is 6. The van der Waals surface area contributed by atoms with Crippen LogP contribution in [0.3, 0.4) is 0 Å². The summed E-state index contributed by atoms with van der Waals surface area (Å²) in [6, 6.07) is 7.50. The van der Waals surface area contributed by atoms with Crippen LogP contribution in [0.5, 0.6) is 0 Å². The second-order valence-corrected chi connectivity index (χ2v) is 3.85. The van der Waals surface area contributed by atoms with Gasteiger partial charge in [-0.3, -0.25) is 4.57 Å². The number of nitrogens with two attached hydrogens (primary N) is 1. The molecular weight excluding hydrogens is 230 g/mol. The van der Waals surface area contributed by atoms with Gasteiger partial charge in [-0.1, -0.05) is 5.10 Å². The highest BCUT2D eigenvalue weighted by molar-refractivity contribution is 5.60. The third-order valence-corrected chi connectivity index (χ3v) is 2.62. The average Bonchev–Trinajstić information content (AvgIpc) is 2.98. The van der Waals surface area contributed by atoms with E-state index in [0.717, 1.165) is 17.1 Å². The van der Waals surface area contributed by atoms with E-state index < -0.39 is 0 Å².